The van der Waals surface area contributed by atoms with Gasteiger partial charge in [-0.1, -0.05) is 6.42 Å². The summed E-state index contributed by atoms with van der Waals surface area (Å²) in [7, 11) is 3.56. The molecule has 22 heavy (non-hydrogen) atoms. The van der Waals surface area contributed by atoms with Crippen molar-refractivity contribution in [3.63, 3.8) is 0 Å². The average molecular weight is 332 g/mol. The van der Waals surface area contributed by atoms with Gasteiger partial charge in [-0.25, -0.2) is 0 Å². The molecular formula is C18H20O2S2. The van der Waals surface area contributed by atoms with Gasteiger partial charge < -0.3 is 9.47 Å². The molecule has 0 spiro atoms. The second kappa shape index (κ2) is 5.75. The Morgan fingerprint density at radius 2 is 1.41 bits per heavy atom. The fraction of sp³-hybridized carbons (Fsp3) is 0.444. The van der Waals surface area contributed by atoms with Crippen LogP contribution in [0.1, 0.15) is 30.4 Å². The van der Waals surface area contributed by atoms with Crippen molar-refractivity contribution in [1.82, 2.24) is 0 Å². The lowest BCUT2D eigenvalue weighted by atomic mass is 9.84. The zero-order valence-corrected chi connectivity index (χ0v) is 14.5. The molecule has 2 aromatic rings. The van der Waals surface area contributed by atoms with E-state index in [9.17, 15) is 0 Å². The fourth-order valence-electron chi connectivity index (χ4n) is 4.45. The Balaban J connectivity index is 1.87. The van der Waals surface area contributed by atoms with Gasteiger partial charge in [-0.15, -0.1) is 0 Å². The van der Waals surface area contributed by atoms with Crippen LogP contribution in [0.5, 0.6) is 0 Å². The second-order valence-corrected chi connectivity index (χ2v) is 7.58. The molecule has 4 rings (SSSR count). The first-order valence-electron chi connectivity index (χ1n) is 7.72. The van der Waals surface area contributed by atoms with Gasteiger partial charge in [-0.2, -0.15) is 22.7 Å². The molecule has 2 heterocycles. The van der Waals surface area contributed by atoms with Gasteiger partial charge in [0, 0.05) is 14.2 Å². The van der Waals surface area contributed by atoms with E-state index < -0.39 is 5.79 Å². The zero-order valence-electron chi connectivity index (χ0n) is 12.9. The van der Waals surface area contributed by atoms with E-state index in [-0.39, 0.29) is 0 Å². The Hall–Kier alpha value is -0.680. The Labute approximate surface area is 140 Å². The van der Waals surface area contributed by atoms with Gasteiger partial charge in [-0.05, 0) is 69.5 Å². The molecule has 0 aromatic carbocycles. The fourth-order valence-corrected chi connectivity index (χ4v) is 5.76. The number of fused-ring (bicyclic) bond motifs is 1. The van der Waals surface area contributed by atoms with Gasteiger partial charge in [0.1, 0.15) is 0 Å². The van der Waals surface area contributed by atoms with Gasteiger partial charge in [0.15, 0.2) is 5.79 Å². The summed E-state index contributed by atoms with van der Waals surface area (Å²) in [5.41, 5.74) is 2.58. The van der Waals surface area contributed by atoms with E-state index >= 15 is 0 Å². The number of methoxy groups -OCH3 is 2. The predicted molar refractivity (Wildman–Crippen MR) is 90.9 cm³/mol. The van der Waals surface area contributed by atoms with Crippen molar-refractivity contribution in [2.24, 2.45) is 11.8 Å². The molecule has 2 unspecified atom stereocenters. The van der Waals surface area contributed by atoms with Crippen LogP contribution in [0, 0.1) is 23.7 Å². The van der Waals surface area contributed by atoms with Crippen molar-refractivity contribution in [1.29, 1.82) is 0 Å². The minimum Gasteiger partial charge on any atom is -0.351 e. The maximum absolute atomic E-state index is 6.07. The Kier molecular flexibility index (Phi) is 3.89. The SMILES string of the molecule is COC1(OC)[C](c2ccsc2)C2CCCC2[C]1c1ccsc1. The third kappa shape index (κ3) is 1.97. The summed E-state index contributed by atoms with van der Waals surface area (Å²) in [6.45, 7) is 0. The molecule has 2 fully saturated rings. The summed E-state index contributed by atoms with van der Waals surface area (Å²) in [5, 5.41) is 8.75. The summed E-state index contributed by atoms with van der Waals surface area (Å²) < 4.78 is 12.1. The van der Waals surface area contributed by atoms with Crippen LogP contribution in [0.25, 0.3) is 0 Å². The summed E-state index contributed by atoms with van der Waals surface area (Å²) >= 11 is 3.48. The van der Waals surface area contributed by atoms with E-state index in [0.29, 0.717) is 11.8 Å². The van der Waals surface area contributed by atoms with Crippen molar-refractivity contribution >= 4 is 22.7 Å². The van der Waals surface area contributed by atoms with Crippen molar-refractivity contribution in [2.45, 2.75) is 25.0 Å². The van der Waals surface area contributed by atoms with E-state index in [2.05, 4.69) is 33.7 Å². The van der Waals surface area contributed by atoms with E-state index in [1.807, 2.05) is 0 Å². The average Bonchev–Trinajstić information content (AvgIpc) is 3.29. The minimum absolute atomic E-state index is 0.546. The largest absolute Gasteiger partial charge is 0.351 e. The van der Waals surface area contributed by atoms with E-state index in [1.54, 1.807) is 36.9 Å². The third-order valence-corrected chi connectivity index (χ3v) is 6.57. The third-order valence-electron chi connectivity index (χ3n) is 5.21. The van der Waals surface area contributed by atoms with Gasteiger partial charge in [0.2, 0.25) is 0 Å². The molecule has 2 aromatic heterocycles. The van der Waals surface area contributed by atoms with Gasteiger partial charge >= 0.3 is 0 Å². The molecule has 0 aliphatic heterocycles. The molecule has 0 saturated heterocycles. The first-order chi connectivity index (χ1) is 10.8. The zero-order chi connectivity index (χ0) is 15.2. The molecule has 4 heteroatoms. The predicted octanol–water partition coefficient (Wildman–Crippen LogP) is 4.77. The number of hydrogen-bond donors (Lipinski definition) is 0. The lowest BCUT2D eigenvalue weighted by Crippen LogP contribution is -2.44. The number of rotatable bonds is 4. The van der Waals surface area contributed by atoms with Crippen molar-refractivity contribution in [2.75, 3.05) is 14.2 Å². The highest BCUT2D eigenvalue weighted by Crippen LogP contribution is 2.63. The highest BCUT2D eigenvalue weighted by atomic mass is 32.1. The summed E-state index contributed by atoms with van der Waals surface area (Å²) in [6.07, 6.45) is 3.76. The molecule has 2 aliphatic rings. The molecule has 0 N–H and O–H groups in total. The first-order valence-corrected chi connectivity index (χ1v) is 9.60. The van der Waals surface area contributed by atoms with Crippen LogP contribution in [-0.2, 0) is 9.47 Å². The van der Waals surface area contributed by atoms with Gasteiger partial charge in [-0.3, -0.25) is 0 Å². The Bertz CT molecular complexity index is 551. The van der Waals surface area contributed by atoms with Gasteiger partial charge in [0.05, 0.1) is 11.8 Å². The highest BCUT2D eigenvalue weighted by Gasteiger charge is 2.64. The summed E-state index contributed by atoms with van der Waals surface area (Å²) in [4.78, 5) is 0. The smallest absolute Gasteiger partial charge is 0.189 e. The summed E-state index contributed by atoms with van der Waals surface area (Å²) in [5.74, 6) is 3.07. The molecule has 2 radical (unpaired) electrons. The normalized spacial score (nSPS) is 28.3. The lowest BCUT2D eigenvalue weighted by molar-refractivity contribution is -0.171. The van der Waals surface area contributed by atoms with Crippen LogP contribution < -0.4 is 0 Å². The highest BCUT2D eigenvalue weighted by molar-refractivity contribution is 7.08. The molecule has 2 aliphatic carbocycles. The second-order valence-electron chi connectivity index (χ2n) is 6.02. The van der Waals surface area contributed by atoms with Crippen LogP contribution in [-0.4, -0.2) is 20.0 Å². The van der Waals surface area contributed by atoms with Crippen molar-refractivity contribution < 1.29 is 9.47 Å². The quantitative estimate of drug-likeness (QED) is 0.751. The maximum Gasteiger partial charge on any atom is 0.189 e. The van der Waals surface area contributed by atoms with Crippen LogP contribution in [0.3, 0.4) is 0 Å². The van der Waals surface area contributed by atoms with Gasteiger partial charge in [0.25, 0.3) is 0 Å². The molecule has 0 bridgehead atoms. The topological polar surface area (TPSA) is 18.5 Å². The summed E-state index contributed by atoms with van der Waals surface area (Å²) in [6, 6.07) is 4.41. The molecule has 2 nitrogen and oxygen atoms in total. The lowest BCUT2D eigenvalue weighted by Gasteiger charge is -2.38. The van der Waals surface area contributed by atoms with Crippen LogP contribution in [0.4, 0.5) is 0 Å². The molecule has 116 valence electrons. The Morgan fingerprint density at radius 3 is 1.77 bits per heavy atom. The number of hydrogen-bond acceptors (Lipinski definition) is 4. The molecule has 2 saturated carbocycles. The minimum atomic E-state index is -0.697. The first kappa shape index (κ1) is 14.9. The Morgan fingerprint density at radius 1 is 0.909 bits per heavy atom. The van der Waals surface area contributed by atoms with E-state index in [4.69, 9.17) is 9.47 Å². The number of thiophene rings is 2. The van der Waals surface area contributed by atoms with Crippen molar-refractivity contribution in [3.8, 4) is 0 Å². The van der Waals surface area contributed by atoms with E-state index in [1.165, 1.54) is 42.2 Å². The van der Waals surface area contributed by atoms with Crippen LogP contribution >= 0.6 is 22.7 Å². The van der Waals surface area contributed by atoms with Crippen LogP contribution in [0.15, 0.2) is 33.7 Å². The monoisotopic (exact) mass is 332 g/mol. The van der Waals surface area contributed by atoms with Crippen molar-refractivity contribution in [3.05, 3.63) is 56.6 Å². The van der Waals surface area contributed by atoms with E-state index in [0.717, 1.165) is 0 Å². The molecule has 0 amide bonds. The molecular weight excluding hydrogens is 312 g/mol. The molecule has 2 atom stereocenters. The maximum atomic E-state index is 6.07. The standard InChI is InChI=1S/C18H20O2S2/c1-19-18(20-2)16(12-6-8-21-10-12)14-4-3-5-15(14)17(18)13-7-9-22-11-13/h6-11,14-15H,3-5H2,1-2H3. The number of ether oxygens (including phenoxy) is 2. The van der Waals surface area contributed by atoms with Crippen LogP contribution in [0.2, 0.25) is 0 Å².